The van der Waals surface area contributed by atoms with Crippen LogP contribution in [0.4, 0.5) is 4.79 Å². The molecule has 0 saturated carbocycles. The standard InChI is InChI=1S/C25H32N4O3S/c1-3-25(23(31)29(24(32)27-25)16-13-21-18(2)26-17-33-21)20-11-14-28(15-12-20)22(30)10-9-19-7-5-4-6-8-19/h4-8,17,20H,3,9-16H2,1-2H3,(H,27,32)/t25-/m0/s1. The minimum atomic E-state index is -0.862. The Bertz CT molecular complexity index is 1000. The summed E-state index contributed by atoms with van der Waals surface area (Å²) < 4.78 is 0. The van der Waals surface area contributed by atoms with Gasteiger partial charge in [-0.2, -0.15) is 0 Å². The first-order valence-corrected chi connectivity index (χ1v) is 12.7. The van der Waals surface area contributed by atoms with Crippen LogP contribution in [0.2, 0.25) is 0 Å². The zero-order chi connectivity index (χ0) is 23.4. The summed E-state index contributed by atoms with van der Waals surface area (Å²) in [5.41, 5.74) is 3.05. The predicted molar refractivity (Wildman–Crippen MR) is 128 cm³/mol. The molecule has 0 unspecified atom stereocenters. The number of rotatable bonds is 8. The molecule has 1 N–H and O–H groups in total. The number of urea groups is 1. The van der Waals surface area contributed by atoms with E-state index in [0.29, 0.717) is 38.9 Å². The number of piperidine rings is 1. The van der Waals surface area contributed by atoms with Crippen LogP contribution in [-0.4, -0.2) is 57.8 Å². The molecule has 2 fully saturated rings. The molecule has 176 valence electrons. The minimum Gasteiger partial charge on any atom is -0.343 e. The molecule has 4 rings (SSSR count). The van der Waals surface area contributed by atoms with Gasteiger partial charge in [0.15, 0.2) is 0 Å². The number of carbonyl (C=O) groups excluding carboxylic acids is 3. The molecule has 2 aromatic rings. The second-order valence-corrected chi connectivity index (χ2v) is 9.90. The molecule has 3 heterocycles. The highest BCUT2D eigenvalue weighted by Crippen LogP contribution is 2.36. The smallest absolute Gasteiger partial charge is 0.325 e. The van der Waals surface area contributed by atoms with Crippen molar-refractivity contribution in [1.82, 2.24) is 20.1 Å². The fourth-order valence-electron chi connectivity index (χ4n) is 5.11. The minimum absolute atomic E-state index is 0.0345. The van der Waals surface area contributed by atoms with Crippen molar-refractivity contribution in [2.24, 2.45) is 5.92 Å². The molecule has 0 spiro atoms. The fraction of sp³-hybridized carbons (Fsp3) is 0.520. The number of hydrogen-bond donors (Lipinski definition) is 1. The highest BCUT2D eigenvalue weighted by molar-refractivity contribution is 7.09. The quantitative estimate of drug-likeness (QED) is 0.601. The van der Waals surface area contributed by atoms with Crippen molar-refractivity contribution < 1.29 is 14.4 Å². The van der Waals surface area contributed by atoms with E-state index in [1.165, 1.54) is 10.5 Å². The van der Waals surface area contributed by atoms with Gasteiger partial charge in [0.25, 0.3) is 5.91 Å². The van der Waals surface area contributed by atoms with Crippen LogP contribution in [0.15, 0.2) is 35.8 Å². The van der Waals surface area contributed by atoms with Crippen LogP contribution in [0.3, 0.4) is 0 Å². The average Bonchev–Trinajstić information content (AvgIpc) is 3.36. The number of hydrogen-bond acceptors (Lipinski definition) is 5. The van der Waals surface area contributed by atoms with E-state index in [4.69, 9.17) is 0 Å². The summed E-state index contributed by atoms with van der Waals surface area (Å²) in [6.07, 6.45) is 3.86. The maximum absolute atomic E-state index is 13.4. The zero-order valence-corrected chi connectivity index (χ0v) is 20.2. The average molecular weight is 469 g/mol. The highest BCUT2D eigenvalue weighted by atomic mass is 32.1. The van der Waals surface area contributed by atoms with Crippen LogP contribution in [0.1, 0.15) is 48.7 Å². The van der Waals surface area contributed by atoms with Crippen molar-refractivity contribution >= 4 is 29.2 Å². The summed E-state index contributed by atoms with van der Waals surface area (Å²) in [4.78, 5) is 47.6. The molecular weight excluding hydrogens is 436 g/mol. The first-order chi connectivity index (χ1) is 15.9. The van der Waals surface area contributed by atoms with E-state index in [-0.39, 0.29) is 23.8 Å². The summed E-state index contributed by atoms with van der Waals surface area (Å²) in [5.74, 6) is 0.0736. The first-order valence-electron chi connectivity index (χ1n) is 11.8. The van der Waals surface area contributed by atoms with Crippen molar-refractivity contribution in [3.8, 4) is 0 Å². The predicted octanol–water partition coefficient (Wildman–Crippen LogP) is 3.57. The van der Waals surface area contributed by atoms with Gasteiger partial charge in [-0.15, -0.1) is 11.3 Å². The van der Waals surface area contributed by atoms with E-state index in [0.717, 1.165) is 29.8 Å². The van der Waals surface area contributed by atoms with Gasteiger partial charge in [-0.25, -0.2) is 9.78 Å². The number of nitrogens with one attached hydrogen (secondary N) is 1. The number of carbonyl (C=O) groups is 3. The summed E-state index contributed by atoms with van der Waals surface area (Å²) in [7, 11) is 0. The van der Waals surface area contributed by atoms with Gasteiger partial charge in [0.1, 0.15) is 5.54 Å². The molecule has 1 aromatic heterocycles. The Morgan fingerprint density at radius 1 is 1.18 bits per heavy atom. The van der Waals surface area contributed by atoms with Gasteiger partial charge in [-0.05, 0) is 44.1 Å². The number of aryl methyl sites for hydroxylation is 2. The highest BCUT2D eigenvalue weighted by Gasteiger charge is 2.54. The third-order valence-corrected chi connectivity index (χ3v) is 8.18. The van der Waals surface area contributed by atoms with Gasteiger partial charge in [-0.3, -0.25) is 14.5 Å². The van der Waals surface area contributed by atoms with E-state index in [1.807, 2.05) is 49.1 Å². The van der Waals surface area contributed by atoms with Gasteiger partial charge in [0.05, 0.1) is 11.2 Å². The first kappa shape index (κ1) is 23.4. The largest absolute Gasteiger partial charge is 0.343 e. The van der Waals surface area contributed by atoms with Crippen molar-refractivity contribution in [3.63, 3.8) is 0 Å². The molecule has 33 heavy (non-hydrogen) atoms. The molecule has 4 amide bonds. The molecule has 0 radical (unpaired) electrons. The Hall–Kier alpha value is -2.74. The molecule has 2 aliphatic heterocycles. The summed E-state index contributed by atoms with van der Waals surface area (Å²) in [6.45, 7) is 5.54. The van der Waals surface area contributed by atoms with Crippen LogP contribution in [0, 0.1) is 12.8 Å². The lowest BCUT2D eigenvalue weighted by Gasteiger charge is -2.40. The second-order valence-electron chi connectivity index (χ2n) is 8.96. The molecule has 7 nitrogen and oxygen atoms in total. The van der Waals surface area contributed by atoms with Crippen molar-refractivity contribution in [3.05, 3.63) is 52.0 Å². The normalized spacial score (nSPS) is 21.5. The third kappa shape index (κ3) is 4.81. The molecular formula is C25H32N4O3S. The second kappa shape index (κ2) is 10.0. The SMILES string of the molecule is CC[C@@]1(C2CCN(C(=O)CCc3ccccc3)CC2)NC(=O)N(CCc2scnc2C)C1=O. The number of imide groups is 1. The van der Waals surface area contributed by atoms with E-state index < -0.39 is 5.54 Å². The van der Waals surface area contributed by atoms with Crippen molar-refractivity contribution in [2.45, 2.75) is 57.9 Å². The van der Waals surface area contributed by atoms with Gasteiger partial charge >= 0.3 is 6.03 Å². The topological polar surface area (TPSA) is 82.6 Å². The maximum Gasteiger partial charge on any atom is 0.325 e. The number of aromatic nitrogens is 1. The summed E-state index contributed by atoms with van der Waals surface area (Å²) in [5, 5.41) is 3.04. The van der Waals surface area contributed by atoms with E-state index in [2.05, 4.69) is 10.3 Å². The number of amides is 4. The van der Waals surface area contributed by atoms with Crippen LogP contribution in [0.5, 0.6) is 0 Å². The lowest BCUT2D eigenvalue weighted by Crippen LogP contribution is -2.56. The molecule has 8 heteroatoms. The van der Waals surface area contributed by atoms with E-state index >= 15 is 0 Å². The van der Waals surface area contributed by atoms with E-state index in [1.54, 1.807) is 16.8 Å². The monoisotopic (exact) mass is 468 g/mol. The molecule has 0 aliphatic carbocycles. The third-order valence-electron chi connectivity index (χ3n) is 7.18. The number of benzene rings is 1. The van der Waals surface area contributed by atoms with Crippen LogP contribution in [0.25, 0.3) is 0 Å². The van der Waals surface area contributed by atoms with Crippen molar-refractivity contribution in [1.29, 1.82) is 0 Å². The Morgan fingerprint density at radius 2 is 1.91 bits per heavy atom. The molecule has 1 aromatic carbocycles. The van der Waals surface area contributed by atoms with Crippen LogP contribution >= 0.6 is 11.3 Å². The molecule has 2 saturated heterocycles. The fourth-order valence-corrected chi connectivity index (χ4v) is 5.88. The van der Waals surface area contributed by atoms with Crippen molar-refractivity contribution in [2.75, 3.05) is 19.6 Å². The molecule has 0 bridgehead atoms. The Balaban J connectivity index is 1.34. The molecule has 1 atom stereocenters. The number of thiazole rings is 1. The van der Waals surface area contributed by atoms with E-state index in [9.17, 15) is 14.4 Å². The summed E-state index contributed by atoms with van der Waals surface area (Å²) in [6, 6.07) is 9.74. The van der Waals surface area contributed by atoms with Gasteiger partial charge in [0.2, 0.25) is 5.91 Å². The lowest BCUT2D eigenvalue weighted by molar-refractivity contribution is -0.136. The zero-order valence-electron chi connectivity index (χ0n) is 19.4. The maximum atomic E-state index is 13.4. The summed E-state index contributed by atoms with van der Waals surface area (Å²) >= 11 is 1.56. The number of nitrogens with zero attached hydrogens (tertiary/aromatic N) is 3. The molecule has 2 aliphatic rings. The van der Waals surface area contributed by atoms with Crippen LogP contribution < -0.4 is 5.32 Å². The van der Waals surface area contributed by atoms with Gasteiger partial charge in [-0.1, -0.05) is 37.3 Å². The Labute approximate surface area is 199 Å². The lowest BCUT2D eigenvalue weighted by atomic mass is 9.75. The number of likely N-dealkylation sites (tertiary alicyclic amines) is 1. The van der Waals surface area contributed by atoms with Crippen LogP contribution in [-0.2, 0) is 22.4 Å². The Morgan fingerprint density at radius 3 is 2.55 bits per heavy atom. The Kier molecular flexibility index (Phi) is 7.12. The van der Waals surface area contributed by atoms with Gasteiger partial charge < -0.3 is 10.2 Å². The van der Waals surface area contributed by atoms with Gasteiger partial charge in [0, 0.05) is 37.4 Å².